The molecule has 0 aliphatic rings. The van der Waals surface area contributed by atoms with E-state index in [1.54, 1.807) is 34.9 Å². The van der Waals surface area contributed by atoms with E-state index in [9.17, 15) is 13.2 Å². The van der Waals surface area contributed by atoms with Gasteiger partial charge in [0.2, 0.25) is 5.69 Å². The van der Waals surface area contributed by atoms with Gasteiger partial charge in [0.25, 0.3) is 0 Å². The van der Waals surface area contributed by atoms with Gasteiger partial charge < -0.3 is 4.57 Å². The van der Waals surface area contributed by atoms with E-state index in [0.29, 0.717) is 11.3 Å². The van der Waals surface area contributed by atoms with Crippen molar-refractivity contribution >= 4 is 17.9 Å². The minimum absolute atomic E-state index is 0.113. The minimum atomic E-state index is -4.65. The van der Waals surface area contributed by atoms with Gasteiger partial charge in [0.15, 0.2) is 0 Å². The zero-order chi connectivity index (χ0) is 18.7. The van der Waals surface area contributed by atoms with Crippen LogP contribution in [0.25, 0.3) is 16.1 Å². The largest absolute Gasteiger partial charge is 0.407 e. The molecule has 6 heteroatoms. The first-order valence-corrected chi connectivity index (χ1v) is 8.14. The third kappa shape index (κ3) is 3.53. The summed E-state index contributed by atoms with van der Waals surface area (Å²) < 4.78 is 41.9. The maximum atomic E-state index is 13.5. The molecule has 1 aromatic heterocycles. The van der Waals surface area contributed by atoms with Gasteiger partial charge in [-0.15, -0.1) is 0 Å². The second kappa shape index (κ2) is 7.14. The molecule has 0 radical (unpaired) electrons. The van der Waals surface area contributed by atoms with Crippen molar-refractivity contribution in [2.75, 3.05) is 0 Å². The highest BCUT2D eigenvalue weighted by atomic mass is 32.1. The summed E-state index contributed by atoms with van der Waals surface area (Å²) >= 11 is 5.28. The Morgan fingerprint density at radius 3 is 2.08 bits per heavy atom. The van der Waals surface area contributed by atoms with E-state index in [1.165, 1.54) is 0 Å². The van der Waals surface area contributed by atoms with Gasteiger partial charge in [-0.05, 0) is 17.2 Å². The number of benzene rings is 2. The molecule has 0 unspecified atom stereocenters. The third-order valence-corrected chi connectivity index (χ3v) is 4.36. The zero-order valence-electron chi connectivity index (χ0n) is 13.5. The number of pyridine rings is 1. The van der Waals surface area contributed by atoms with Crippen LogP contribution in [0.15, 0.2) is 66.7 Å². The van der Waals surface area contributed by atoms with Crippen LogP contribution in [0.2, 0.25) is 0 Å². The fourth-order valence-corrected chi connectivity index (χ4v) is 3.05. The topological polar surface area (TPSA) is 9.29 Å². The fourth-order valence-electron chi connectivity index (χ4n) is 2.73. The number of nitrogens with zero attached hydrogens (tertiary/aromatic N) is 2. The molecule has 0 aliphatic carbocycles. The Morgan fingerprint density at radius 1 is 0.962 bits per heavy atom. The Hall–Kier alpha value is -2.91. The molecule has 1 heterocycles. The van der Waals surface area contributed by atoms with Gasteiger partial charge in [-0.2, -0.15) is 13.2 Å². The molecule has 0 fully saturated rings. The average Bonchev–Trinajstić information content (AvgIpc) is 2.63. The van der Waals surface area contributed by atoms with Crippen molar-refractivity contribution in [3.63, 3.8) is 0 Å². The Labute approximate surface area is 154 Å². The summed E-state index contributed by atoms with van der Waals surface area (Å²) in [5.74, 6) is 0. The number of alkyl halides is 3. The van der Waals surface area contributed by atoms with Crippen LogP contribution < -0.4 is 0 Å². The van der Waals surface area contributed by atoms with Crippen molar-refractivity contribution in [2.24, 2.45) is 0 Å². The van der Waals surface area contributed by atoms with Crippen LogP contribution in [0.1, 0.15) is 11.1 Å². The Bertz CT molecular complexity index is 1020. The van der Waals surface area contributed by atoms with Crippen LogP contribution in [0.4, 0.5) is 18.9 Å². The molecule has 0 saturated carbocycles. The lowest BCUT2D eigenvalue weighted by molar-refractivity contribution is -0.136. The first-order chi connectivity index (χ1) is 12.4. The van der Waals surface area contributed by atoms with Crippen LogP contribution >= 0.6 is 12.2 Å². The Balaban J connectivity index is 2.31. The van der Waals surface area contributed by atoms with Crippen molar-refractivity contribution in [3.8, 4) is 11.3 Å². The van der Waals surface area contributed by atoms with Crippen molar-refractivity contribution in [2.45, 2.75) is 12.7 Å². The summed E-state index contributed by atoms with van der Waals surface area (Å²) in [7, 11) is 0. The quantitative estimate of drug-likeness (QED) is 0.378. The molecular weight excluding hydrogens is 357 g/mol. The second-order valence-corrected chi connectivity index (χ2v) is 6.03. The fraction of sp³-hybridized carbons (Fsp3) is 0.100. The summed E-state index contributed by atoms with van der Waals surface area (Å²) in [6.07, 6.45) is -4.65. The highest BCUT2D eigenvalue weighted by molar-refractivity contribution is 7.71. The van der Waals surface area contributed by atoms with Gasteiger partial charge in [0.05, 0.1) is 12.1 Å². The van der Waals surface area contributed by atoms with Gasteiger partial charge in [-0.1, -0.05) is 72.9 Å². The smallest absolute Gasteiger partial charge is 0.336 e. The van der Waals surface area contributed by atoms with Gasteiger partial charge in [-0.3, -0.25) is 0 Å². The van der Waals surface area contributed by atoms with E-state index in [4.69, 9.17) is 18.8 Å². The number of rotatable bonds is 3. The van der Waals surface area contributed by atoms with Crippen LogP contribution in [0.3, 0.4) is 0 Å². The monoisotopic (exact) mass is 370 g/mol. The van der Waals surface area contributed by atoms with Crippen molar-refractivity contribution in [1.29, 1.82) is 0 Å². The van der Waals surface area contributed by atoms with Crippen LogP contribution in [-0.4, -0.2) is 4.57 Å². The van der Waals surface area contributed by atoms with Crippen LogP contribution in [-0.2, 0) is 12.7 Å². The lowest BCUT2D eigenvalue weighted by atomic mass is 10.1. The SMILES string of the molecule is [C-]#[N+]c1c(C(F)(F)F)cc(-c2ccccc2)n(Cc2ccccc2)c1=S. The summed E-state index contributed by atoms with van der Waals surface area (Å²) in [6.45, 7) is 7.48. The zero-order valence-corrected chi connectivity index (χ0v) is 14.3. The maximum Gasteiger partial charge on any atom is 0.407 e. The molecule has 2 nitrogen and oxygen atoms in total. The van der Waals surface area contributed by atoms with E-state index in [-0.39, 0.29) is 11.2 Å². The Kier molecular flexibility index (Phi) is 4.92. The lowest BCUT2D eigenvalue weighted by Crippen LogP contribution is -2.12. The highest BCUT2D eigenvalue weighted by Crippen LogP contribution is 2.40. The molecule has 3 rings (SSSR count). The van der Waals surface area contributed by atoms with E-state index < -0.39 is 17.4 Å². The molecule has 2 aromatic carbocycles. The van der Waals surface area contributed by atoms with Crippen molar-refractivity contribution < 1.29 is 13.2 Å². The lowest BCUT2D eigenvalue weighted by Gasteiger charge is -2.19. The molecule has 26 heavy (non-hydrogen) atoms. The molecule has 0 spiro atoms. The maximum absolute atomic E-state index is 13.5. The first kappa shape index (κ1) is 17.9. The van der Waals surface area contributed by atoms with Gasteiger partial charge in [0, 0.05) is 12.2 Å². The van der Waals surface area contributed by atoms with E-state index in [2.05, 4.69) is 4.85 Å². The van der Waals surface area contributed by atoms with Gasteiger partial charge in [-0.25, -0.2) is 4.85 Å². The molecule has 0 bridgehead atoms. The number of halogens is 3. The molecule has 0 aliphatic heterocycles. The van der Waals surface area contributed by atoms with Crippen LogP contribution in [0.5, 0.6) is 0 Å². The predicted octanol–water partition coefficient (Wildman–Crippen LogP) is 6.50. The number of hydrogen-bond donors (Lipinski definition) is 0. The van der Waals surface area contributed by atoms with Crippen molar-refractivity contribution in [3.05, 3.63) is 93.9 Å². The second-order valence-electron chi connectivity index (χ2n) is 5.64. The molecule has 3 aromatic rings. The summed E-state index contributed by atoms with van der Waals surface area (Å²) in [5.41, 5.74) is 0.288. The highest BCUT2D eigenvalue weighted by Gasteiger charge is 2.35. The third-order valence-electron chi connectivity index (χ3n) is 3.94. The van der Waals surface area contributed by atoms with E-state index in [0.717, 1.165) is 11.6 Å². The normalized spacial score (nSPS) is 11.2. The number of aromatic nitrogens is 1. The first-order valence-electron chi connectivity index (χ1n) is 7.73. The summed E-state index contributed by atoms with van der Waals surface area (Å²) in [6, 6.07) is 19.0. The van der Waals surface area contributed by atoms with Crippen LogP contribution in [0, 0.1) is 11.2 Å². The molecule has 0 saturated heterocycles. The predicted molar refractivity (Wildman–Crippen MR) is 97.5 cm³/mol. The minimum Gasteiger partial charge on any atom is -0.336 e. The number of hydrogen-bond acceptors (Lipinski definition) is 1. The Morgan fingerprint density at radius 2 is 1.54 bits per heavy atom. The molecule has 0 atom stereocenters. The van der Waals surface area contributed by atoms with Crippen molar-refractivity contribution in [1.82, 2.24) is 4.57 Å². The average molecular weight is 370 g/mol. The van der Waals surface area contributed by atoms with Gasteiger partial charge >= 0.3 is 6.18 Å². The molecule has 130 valence electrons. The molecule has 0 N–H and O–H groups in total. The molecular formula is C20H13F3N2S. The summed E-state index contributed by atoms with van der Waals surface area (Å²) in [4.78, 5) is 3.08. The van der Waals surface area contributed by atoms with Gasteiger partial charge in [0.1, 0.15) is 4.64 Å². The van der Waals surface area contributed by atoms with E-state index in [1.807, 2.05) is 30.3 Å². The standard InChI is InChI=1S/C20H13F3N2S/c1-24-18-16(20(21,22)23)12-17(15-10-6-3-7-11-15)25(19(18)26)13-14-8-4-2-5-9-14/h2-12H,13H2. The van der Waals surface area contributed by atoms with E-state index >= 15 is 0 Å². The molecule has 0 amide bonds. The summed E-state index contributed by atoms with van der Waals surface area (Å²) in [5, 5.41) is 0.